The molecule has 1 fully saturated rings. The smallest absolute Gasteiger partial charge is 0.331 e. The van der Waals surface area contributed by atoms with Crippen molar-refractivity contribution < 1.29 is 9.84 Å². The topological polar surface area (TPSA) is 84.3 Å². The number of hydrogen-bond acceptors (Lipinski definition) is 4. The van der Waals surface area contributed by atoms with Crippen LogP contribution in [-0.4, -0.2) is 27.9 Å². The molecule has 1 aliphatic rings. The van der Waals surface area contributed by atoms with E-state index in [-0.39, 0.29) is 11.4 Å². The van der Waals surface area contributed by atoms with Crippen molar-refractivity contribution >= 4 is 0 Å². The molecule has 2 heterocycles. The molecule has 1 aliphatic heterocycles. The Labute approximate surface area is 104 Å². The lowest BCUT2D eigenvalue weighted by molar-refractivity contribution is 0.0600. The van der Waals surface area contributed by atoms with E-state index in [4.69, 9.17) is 4.74 Å². The minimum atomic E-state index is -0.541. The lowest BCUT2D eigenvalue weighted by Crippen LogP contribution is -2.34. The van der Waals surface area contributed by atoms with Crippen LogP contribution in [0.3, 0.4) is 0 Å². The van der Waals surface area contributed by atoms with Gasteiger partial charge in [0.2, 0.25) is 5.88 Å². The molecule has 0 spiro atoms. The van der Waals surface area contributed by atoms with Gasteiger partial charge in [0.1, 0.15) is 0 Å². The number of aromatic nitrogens is 2. The van der Waals surface area contributed by atoms with E-state index in [1.54, 1.807) is 6.92 Å². The van der Waals surface area contributed by atoms with Gasteiger partial charge in [0, 0.05) is 19.8 Å². The Morgan fingerprint density at radius 1 is 1.39 bits per heavy atom. The summed E-state index contributed by atoms with van der Waals surface area (Å²) in [7, 11) is 0. The minimum Gasteiger partial charge on any atom is -0.494 e. The van der Waals surface area contributed by atoms with Crippen molar-refractivity contribution in [2.75, 3.05) is 13.2 Å². The zero-order chi connectivity index (χ0) is 13.1. The molecule has 0 aromatic carbocycles. The molecule has 0 bridgehead atoms. The number of H-pyrrole nitrogens is 1. The Hall–Kier alpha value is -1.56. The van der Waals surface area contributed by atoms with E-state index in [0.717, 1.165) is 12.8 Å². The maximum absolute atomic E-state index is 11.7. The second-order valence-electron chi connectivity index (χ2n) is 4.58. The Morgan fingerprint density at radius 2 is 2.06 bits per heavy atom. The van der Waals surface area contributed by atoms with E-state index < -0.39 is 11.2 Å². The van der Waals surface area contributed by atoms with Crippen molar-refractivity contribution in [1.82, 2.24) is 9.55 Å². The second kappa shape index (κ2) is 5.39. The van der Waals surface area contributed by atoms with Crippen molar-refractivity contribution in [3.8, 4) is 5.88 Å². The number of hydrogen-bond donors (Lipinski definition) is 2. The molecule has 2 N–H and O–H groups in total. The summed E-state index contributed by atoms with van der Waals surface area (Å²) in [5.74, 6) is 0.107. The van der Waals surface area contributed by atoms with Crippen LogP contribution >= 0.6 is 0 Å². The van der Waals surface area contributed by atoms with Gasteiger partial charge in [-0.15, -0.1) is 0 Å². The van der Waals surface area contributed by atoms with Crippen molar-refractivity contribution in [2.24, 2.45) is 5.92 Å². The molecule has 0 aliphatic carbocycles. The van der Waals surface area contributed by atoms with Crippen LogP contribution in [0.1, 0.15) is 25.3 Å². The van der Waals surface area contributed by atoms with Gasteiger partial charge in [0.05, 0.1) is 5.56 Å². The number of nitrogens with zero attached hydrogens (tertiary/aromatic N) is 1. The normalized spacial score (nSPS) is 16.9. The molecule has 1 aromatic rings. The van der Waals surface area contributed by atoms with Crippen LogP contribution in [0.2, 0.25) is 0 Å². The highest BCUT2D eigenvalue weighted by atomic mass is 16.5. The van der Waals surface area contributed by atoms with Crippen molar-refractivity contribution in [3.63, 3.8) is 0 Å². The third-order valence-electron chi connectivity index (χ3n) is 3.40. The van der Waals surface area contributed by atoms with Crippen LogP contribution in [0, 0.1) is 5.92 Å². The molecule has 0 saturated carbocycles. The maximum Gasteiger partial charge on any atom is 0.331 e. The lowest BCUT2D eigenvalue weighted by Gasteiger charge is -2.23. The summed E-state index contributed by atoms with van der Waals surface area (Å²) in [4.78, 5) is 25.5. The summed E-state index contributed by atoms with van der Waals surface area (Å²) < 4.78 is 6.51. The Morgan fingerprint density at radius 3 is 2.67 bits per heavy atom. The van der Waals surface area contributed by atoms with Crippen LogP contribution in [0.25, 0.3) is 0 Å². The lowest BCUT2D eigenvalue weighted by atomic mass is 10.0. The molecule has 0 radical (unpaired) electrons. The fraction of sp³-hybridized carbons (Fsp3) is 0.667. The highest BCUT2D eigenvalue weighted by molar-refractivity contribution is 5.22. The van der Waals surface area contributed by atoms with Crippen molar-refractivity contribution in [3.05, 3.63) is 26.4 Å². The predicted octanol–water partition coefficient (Wildman–Crippen LogP) is 0.231. The average molecular weight is 254 g/mol. The van der Waals surface area contributed by atoms with Gasteiger partial charge >= 0.3 is 5.69 Å². The van der Waals surface area contributed by atoms with Gasteiger partial charge in [0.25, 0.3) is 5.56 Å². The Kier molecular flexibility index (Phi) is 3.86. The molecule has 0 atom stereocenters. The first-order valence-corrected chi connectivity index (χ1v) is 6.26. The van der Waals surface area contributed by atoms with E-state index in [2.05, 4.69) is 4.98 Å². The zero-order valence-corrected chi connectivity index (χ0v) is 10.4. The number of aromatic hydroxyl groups is 1. The Bertz CT molecular complexity index is 526. The van der Waals surface area contributed by atoms with Crippen molar-refractivity contribution in [1.29, 1.82) is 0 Å². The highest BCUT2D eigenvalue weighted by Crippen LogP contribution is 2.19. The largest absolute Gasteiger partial charge is 0.494 e. The van der Waals surface area contributed by atoms with Crippen LogP contribution in [0.15, 0.2) is 9.59 Å². The fourth-order valence-corrected chi connectivity index (χ4v) is 2.28. The van der Waals surface area contributed by atoms with Crippen LogP contribution in [0.4, 0.5) is 0 Å². The third kappa shape index (κ3) is 2.48. The molecule has 6 nitrogen and oxygen atoms in total. The van der Waals surface area contributed by atoms with E-state index >= 15 is 0 Å². The second-order valence-corrected chi connectivity index (χ2v) is 4.58. The summed E-state index contributed by atoms with van der Waals surface area (Å²) in [6.45, 7) is 3.57. The van der Waals surface area contributed by atoms with Crippen LogP contribution < -0.4 is 11.2 Å². The standard InChI is InChI=1S/C12H18N2O4/c1-2-9-10(15)13-12(17)14(11(9)16)7-8-3-5-18-6-4-8/h8,16H,2-7H2,1H3,(H,13,15,17). The van der Waals surface area contributed by atoms with Crippen LogP contribution in [0.5, 0.6) is 5.88 Å². The van der Waals surface area contributed by atoms with E-state index in [1.807, 2.05) is 0 Å². The first kappa shape index (κ1) is 12.9. The first-order valence-electron chi connectivity index (χ1n) is 6.26. The molecule has 18 heavy (non-hydrogen) atoms. The first-order chi connectivity index (χ1) is 8.63. The molecule has 0 amide bonds. The summed E-state index contributed by atoms with van der Waals surface area (Å²) in [5, 5.41) is 9.99. The van der Waals surface area contributed by atoms with E-state index in [1.165, 1.54) is 4.57 Å². The molecule has 6 heteroatoms. The summed E-state index contributed by atoms with van der Waals surface area (Å²) in [6.07, 6.45) is 2.13. The summed E-state index contributed by atoms with van der Waals surface area (Å²) >= 11 is 0. The van der Waals surface area contributed by atoms with Gasteiger partial charge in [-0.05, 0) is 25.2 Å². The van der Waals surface area contributed by atoms with Gasteiger partial charge in [-0.3, -0.25) is 14.3 Å². The zero-order valence-electron chi connectivity index (χ0n) is 10.4. The number of ether oxygens (including phenoxy) is 1. The van der Waals surface area contributed by atoms with Gasteiger partial charge in [-0.1, -0.05) is 6.92 Å². The maximum atomic E-state index is 11.7. The molecule has 1 saturated heterocycles. The molecular formula is C12H18N2O4. The minimum absolute atomic E-state index is 0.197. The molecule has 2 rings (SSSR count). The molecule has 1 aromatic heterocycles. The highest BCUT2D eigenvalue weighted by Gasteiger charge is 2.19. The van der Waals surface area contributed by atoms with Crippen LogP contribution in [-0.2, 0) is 17.7 Å². The fourth-order valence-electron chi connectivity index (χ4n) is 2.28. The number of aromatic amines is 1. The monoisotopic (exact) mass is 254 g/mol. The molecular weight excluding hydrogens is 236 g/mol. The summed E-state index contributed by atoms with van der Waals surface area (Å²) in [6, 6.07) is 0. The van der Waals surface area contributed by atoms with E-state index in [0.29, 0.717) is 32.1 Å². The molecule has 100 valence electrons. The van der Waals surface area contributed by atoms with E-state index in [9.17, 15) is 14.7 Å². The SMILES string of the molecule is CCc1c(O)n(CC2CCOCC2)c(=O)[nH]c1=O. The van der Waals surface area contributed by atoms with Gasteiger partial charge in [-0.2, -0.15) is 0 Å². The predicted molar refractivity (Wildman–Crippen MR) is 65.9 cm³/mol. The van der Waals surface area contributed by atoms with Gasteiger partial charge in [0.15, 0.2) is 0 Å². The summed E-state index contributed by atoms with van der Waals surface area (Å²) in [5.41, 5.74) is -0.772. The number of rotatable bonds is 3. The third-order valence-corrected chi connectivity index (χ3v) is 3.40. The van der Waals surface area contributed by atoms with Crippen molar-refractivity contribution in [2.45, 2.75) is 32.7 Å². The quantitative estimate of drug-likeness (QED) is 0.808. The Balaban J connectivity index is 2.32. The number of nitrogens with one attached hydrogen (secondary N) is 1. The van der Waals surface area contributed by atoms with Gasteiger partial charge in [-0.25, -0.2) is 4.79 Å². The average Bonchev–Trinajstić information content (AvgIpc) is 2.36. The molecule has 0 unspecified atom stereocenters. The van der Waals surface area contributed by atoms with Gasteiger partial charge < -0.3 is 9.84 Å².